The van der Waals surface area contributed by atoms with Crippen LogP contribution in [0.1, 0.15) is 30.2 Å². The van der Waals surface area contributed by atoms with Gasteiger partial charge in [0.2, 0.25) is 0 Å². The lowest BCUT2D eigenvalue weighted by Gasteiger charge is -2.22. The van der Waals surface area contributed by atoms with E-state index in [1.54, 1.807) is 0 Å². The molecule has 0 saturated heterocycles. The highest BCUT2D eigenvalue weighted by molar-refractivity contribution is 5.79. The average molecular weight is 313 g/mol. The van der Waals surface area contributed by atoms with Crippen molar-refractivity contribution in [2.24, 2.45) is 4.99 Å². The van der Waals surface area contributed by atoms with Crippen LogP contribution >= 0.6 is 0 Å². The topological polar surface area (TPSA) is 56.3 Å². The molecule has 0 radical (unpaired) electrons. The number of aromatic amines is 1. The molecule has 2 aromatic rings. The summed E-state index contributed by atoms with van der Waals surface area (Å²) in [5.41, 5.74) is 3.72. The molecule has 1 aromatic heterocycles. The number of nitrogens with zero attached hydrogens (tertiary/aromatic N) is 3. The lowest BCUT2D eigenvalue weighted by molar-refractivity contribution is 0.476. The minimum Gasteiger partial charge on any atom is -0.357 e. The zero-order chi connectivity index (χ0) is 16.5. The summed E-state index contributed by atoms with van der Waals surface area (Å²) in [7, 11) is 2.08. The second-order valence-corrected chi connectivity index (χ2v) is 5.70. The molecule has 0 atom stereocenters. The summed E-state index contributed by atoms with van der Waals surface area (Å²) in [4.78, 5) is 6.91. The van der Waals surface area contributed by atoms with Crippen molar-refractivity contribution in [1.29, 1.82) is 0 Å². The first-order valence-electron chi connectivity index (χ1n) is 8.23. The van der Waals surface area contributed by atoms with Crippen LogP contribution in [-0.2, 0) is 13.0 Å². The largest absolute Gasteiger partial charge is 0.357 e. The fourth-order valence-electron chi connectivity index (χ4n) is 2.48. The minimum absolute atomic E-state index is 0.812. The molecule has 0 bridgehead atoms. The highest BCUT2D eigenvalue weighted by Crippen LogP contribution is 2.06. The number of H-pyrrole nitrogens is 1. The number of hydrogen-bond acceptors (Lipinski definition) is 2. The van der Waals surface area contributed by atoms with Crippen LogP contribution in [0.3, 0.4) is 0 Å². The number of aromatic nitrogens is 2. The van der Waals surface area contributed by atoms with Gasteiger partial charge in [0.05, 0.1) is 6.20 Å². The van der Waals surface area contributed by atoms with Crippen molar-refractivity contribution < 1.29 is 0 Å². The van der Waals surface area contributed by atoms with Gasteiger partial charge in [0, 0.05) is 32.4 Å². The average Bonchev–Trinajstić information content (AvgIpc) is 2.96. The van der Waals surface area contributed by atoms with Gasteiger partial charge in [-0.1, -0.05) is 30.3 Å². The molecular formula is C18H27N5. The zero-order valence-corrected chi connectivity index (χ0v) is 14.3. The molecule has 0 aliphatic carbocycles. The minimum atomic E-state index is 0.812. The number of aliphatic imine (C=N–C) groups is 1. The summed E-state index contributed by atoms with van der Waals surface area (Å²) >= 11 is 0. The monoisotopic (exact) mass is 313 g/mol. The van der Waals surface area contributed by atoms with Gasteiger partial charge < -0.3 is 10.2 Å². The molecule has 0 amide bonds. The summed E-state index contributed by atoms with van der Waals surface area (Å²) < 4.78 is 0. The predicted molar refractivity (Wildman–Crippen MR) is 95.5 cm³/mol. The van der Waals surface area contributed by atoms with Crippen LogP contribution in [0.4, 0.5) is 0 Å². The first-order valence-corrected chi connectivity index (χ1v) is 8.23. The second kappa shape index (κ2) is 8.98. The van der Waals surface area contributed by atoms with Gasteiger partial charge >= 0.3 is 0 Å². The summed E-state index contributed by atoms with van der Waals surface area (Å²) in [6.45, 7) is 6.70. The summed E-state index contributed by atoms with van der Waals surface area (Å²) in [5, 5.41) is 10.4. The van der Waals surface area contributed by atoms with Crippen molar-refractivity contribution >= 4 is 5.96 Å². The van der Waals surface area contributed by atoms with Crippen molar-refractivity contribution in [2.75, 3.05) is 20.1 Å². The Morgan fingerprint density at radius 2 is 2.09 bits per heavy atom. The van der Waals surface area contributed by atoms with Crippen LogP contribution in [0.15, 0.2) is 41.5 Å². The van der Waals surface area contributed by atoms with Crippen LogP contribution in [0.2, 0.25) is 0 Å². The van der Waals surface area contributed by atoms with E-state index in [9.17, 15) is 0 Å². The fraction of sp³-hybridized carbons (Fsp3) is 0.444. The third kappa shape index (κ3) is 5.43. The zero-order valence-electron chi connectivity index (χ0n) is 14.3. The summed E-state index contributed by atoms with van der Waals surface area (Å²) in [6, 6.07) is 10.5. The van der Waals surface area contributed by atoms with Gasteiger partial charge in [-0.05, 0) is 37.8 Å². The van der Waals surface area contributed by atoms with Crippen molar-refractivity contribution in [3.8, 4) is 0 Å². The second-order valence-electron chi connectivity index (χ2n) is 5.70. The maximum absolute atomic E-state index is 4.74. The Labute approximate surface area is 138 Å². The van der Waals surface area contributed by atoms with Gasteiger partial charge in [-0.3, -0.25) is 10.1 Å². The van der Waals surface area contributed by atoms with E-state index in [1.807, 2.05) is 12.3 Å². The lowest BCUT2D eigenvalue weighted by atomic mass is 10.1. The Morgan fingerprint density at radius 1 is 1.30 bits per heavy atom. The molecule has 0 saturated carbocycles. The van der Waals surface area contributed by atoms with Gasteiger partial charge in [-0.2, -0.15) is 5.10 Å². The van der Waals surface area contributed by atoms with E-state index in [0.717, 1.165) is 44.1 Å². The molecule has 23 heavy (non-hydrogen) atoms. The molecule has 0 aliphatic rings. The van der Waals surface area contributed by atoms with Crippen molar-refractivity contribution in [2.45, 2.75) is 33.2 Å². The van der Waals surface area contributed by atoms with Crippen molar-refractivity contribution in [3.63, 3.8) is 0 Å². The molecule has 5 heteroatoms. The van der Waals surface area contributed by atoms with E-state index >= 15 is 0 Å². The third-order valence-corrected chi connectivity index (χ3v) is 3.76. The molecule has 0 aliphatic heterocycles. The number of aryl methyl sites for hydroxylation is 2. The molecule has 5 nitrogen and oxygen atoms in total. The third-order valence-electron chi connectivity index (χ3n) is 3.76. The van der Waals surface area contributed by atoms with Gasteiger partial charge in [-0.15, -0.1) is 0 Å². The number of rotatable bonds is 7. The van der Waals surface area contributed by atoms with Crippen molar-refractivity contribution in [1.82, 2.24) is 20.4 Å². The summed E-state index contributed by atoms with van der Waals surface area (Å²) in [5.74, 6) is 0.959. The maximum atomic E-state index is 4.74. The standard InChI is InChI=1S/C18H27N5/c1-4-19-18(23(3)14-16-9-6-5-7-10-16)20-12-8-11-17-13-21-22-15(17)2/h5-7,9-10,13H,4,8,11-12,14H2,1-3H3,(H,19,20)(H,21,22). The molecule has 2 N–H and O–H groups in total. The number of benzene rings is 1. The smallest absolute Gasteiger partial charge is 0.193 e. The Bertz CT molecular complexity index is 603. The molecular weight excluding hydrogens is 286 g/mol. The first-order chi connectivity index (χ1) is 11.2. The van der Waals surface area contributed by atoms with Gasteiger partial charge in [0.25, 0.3) is 0 Å². The van der Waals surface area contributed by atoms with E-state index in [2.05, 4.69) is 65.6 Å². The highest BCUT2D eigenvalue weighted by Gasteiger charge is 2.06. The van der Waals surface area contributed by atoms with Gasteiger partial charge in [0.15, 0.2) is 5.96 Å². The van der Waals surface area contributed by atoms with E-state index in [0.29, 0.717) is 0 Å². The Kier molecular flexibility index (Phi) is 6.66. The van der Waals surface area contributed by atoms with Gasteiger partial charge in [-0.25, -0.2) is 0 Å². The van der Waals surface area contributed by atoms with E-state index in [1.165, 1.54) is 11.1 Å². The predicted octanol–water partition coefficient (Wildman–Crippen LogP) is 2.75. The van der Waals surface area contributed by atoms with Crippen LogP contribution in [0.5, 0.6) is 0 Å². The molecule has 1 aromatic carbocycles. The SMILES string of the molecule is CCNC(=NCCCc1cn[nH]c1C)N(C)Cc1ccccc1. The first kappa shape index (κ1) is 17.1. The van der Waals surface area contributed by atoms with Crippen LogP contribution in [0, 0.1) is 6.92 Å². The quantitative estimate of drug-likeness (QED) is 0.469. The molecule has 124 valence electrons. The van der Waals surface area contributed by atoms with E-state index in [-0.39, 0.29) is 0 Å². The van der Waals surface area contributed by atoms with Crippen LogP contribution in [0.25, 0.3) is 0 Å². The molecule has 0 spiro atoms. The van der Waals surface area contributed by atoms with E-state index in [4.69, 9.17) is 4.99 Å². The molecule has 0 fully saturated rings. The fourth-order valence-corrected chi connectivity index (χ4v) is 2.48. The number of hydrogen-bond donors (Lipinski definition) is 2. The molecule has 0 unspecified atom stereocenters. The summed E-state index contributed by atoms with van der Waals surface area (Å²) in [6.07, 6.45) is 3.94. The van der Waals surface area contributed by atoms with E-state index < -0.39 is 0 Å². The molecule has 1 heterocycles. The molecule has 2 rings (SSSR count). The number of nitrogens with one attached hydrogen (secondary N) is 2. The highest BCUT2D eigenvalue weighted by atomic mass is 15.3. The van der Waals surface area contributed by atoms with Crippen LogP contribution in [-0.4, -0.2) is 41.2 Å². The van der Waals surface area contributed by atoms with Crippen molar-refractivity contribution in [3.05, 3.63) is 53.3 Å². The number of guanidine groups is 1. The normalized spacial score (nSPS) is 11.5. The Balaban J connectivity index is 1.87. The Morgan fingerprint density at radius 3 is 2.74 bits per heavy atom. The van der Waals surface area contributed by atoms with Gasteiger partial charge in [0.1, 0.15) is 0 Å². The van der Waals surface area contributed by atoms with Crippen LogP contribution < -0.4 is 5.32 Å². The lowest BCUT2D eigenvalue weighted by Crippen LogP contribution is -2.38. The maximum Gasteiger partial charge on any atom is 0.193 e. The Hall–Kier alpha value is -2.30.